The molecule has 1 aliphatic heterocycles. The predicted molar refractivity (Wildman–Crippen MR) is 104 cm³/mol. The van der Waals surface area contributed by atoms with Crippen molar-refractivity contribution in [2.24, 2.45) is 0 Å². The number of fused-ring (bicyclic) bond motifs is 1. The van der Waals surface area contributed by atoms with E-state index in [4.69, 9.17) is 4.52 Å². The predicted octanol–water partition coefficient (Wildman–Crippen LogP) is 2.59. The molecular weight excluding hydrogens is 364 g/mol. The molecule has 0 bridgehead atoms. The molecule has 1 fully saturated rings. The second-order valence-electron chi connectivity index (χ2n) is 6.58. The monoisotopic (exact) mass is 384 g/mol. The van der Waals surface area contributed by atoms with Crippen LogP contribution in [0.1, 0.15) is 16.1 Å². The van der Waals surface area contributed by atoms with Gasteiger partial charge >= 0.3 is 0 Å². The number of hydrogen-bond acceptors (Lipinski definition) is 6. The van der Waals surface area contributed by atoms with Crippen molar-refractivity contribution in [1.29, 1.82) is 0 Å². The minimum Gasteiger partial charge on any atom is -0.360 e. The normalized spacial score (nSPS) is 15.2. The molecule has 2 amide bonds. The molecule has 27 heavy (non-hydrogen) atoms. The van der Waals surface area contributed by atoms with Gasteiger partial charge in [-0.2, -0.15) is 0 Å². The third kappa shape index (κ3) is 3.86. The maximum absolute atomic E-state index is 12.9. The van der Waals surface area contributed by atoms with E-state index in [0.29, 0.717) is 37.8 Å². The number of rotatable bonds is 4. The summed E-state index contributed by atoms with van der Waals surface area (Å²) in [6, 6.07) is 9.64. The number of nitrogens with one attached hydrogen (secondary N) is 1. The smallest absolute Gasteiger partial charge is 0.255 e. The molecule has 8 heteroatoms. The van der Waals surface area contributed by atoms with Crippen molar-refractivity contribution >= 4 is 39.1 Å². The van der Waals surface area contributed by atoms with Crippen LogP contribution in [-0.2, 0) is 4.79 Å². The van der Waals surface area contributed by atoms with Crippen LogP contribution in [0, 0.1) is 6.92 Å². The highest BCUT2D eigenvalue weighted by Crippen LogP contribution is 2.27. The molecule has 1 aliphatic rings. The average molecular weight is 384 g/mol. The van der Waals surface area contributed by atoms with Gasteiger partial charge in [-0.1, -0.05) is 23.4 Å². The maximum Gasteiger partial charge on any atom is 0.255 e. The minimum absolute atomic E-state index is 0.0645. The van der Waals surface area contributed by atoms with Gasteiger partial charge in [0.15, 0.2) is 5.82 Å². The SMILES string of the molecule is Cc1cc(NC(=O)CN2CCN(C(=O)c3csc4ccccc34)CC2)no1. The first-order chi connectivity index (χ1) is 13.1. The van der Waals surface area contributed by atoms with Crippen LogP contribution in [0.25, 0.3) is 10.1 Å². The Labute approximate surface area is 160 Å². The van der Waals surface area contributed by atoms with Crippen LogP contribution >= 0.6 is 11.3 Å². The fourth-order valence-corrected chi connectivity index (χ4v) is 4.17. The third-order valence-corrected chi connectivity index (χ3v) is 5.60. The number of amides is 2. The molecule has 2 aromatic heterocycles. The first-order valence-corrected chi connectivity index (χ1v) is 9.69. The number of aromatic nitrogens is 1. The molecule has 1 aromatic carbocycles. The standard InChI is InChI=1S/C19H20N4O3S/c1-13-10-17(21-26-13)20-18(24)11-22-6-8-23(9-7-22)19(25)15-12-27-16-5-3-2-4-14(15)16/h2-5,10,12H,6-9,11H2,1H3,(H,20,21,24). The summed E-state index contributed by atoms with van der Waals surface area (Å²) in [5, 5.41) is 9.43. The molecule has 0 saturated carbocycles. The first-order valence-electron chi connectivity index (χ1n) is 8.81. The number of carbonyl (C=O) groups excluding carboxylic acids is 2. The molecule has 0 radical (unpaired) electrons. The zero-order chi connectivity index (χ0) is 18.8. The molecule has 7 nitrogen and oxygen atoms in total. The number of anilines is 1. The summed E-state index contributed by atoms with van der Waals surface area (Å²) in [6.07, 6.45) is 0. The van der Waals surface area contributed by atoms with E-state index in [0.717, 1.165) is 15.6 Å². The molecule has 0 spiro atoms. The van der Waals surface area contributed by atoms with Crippen molar-refractivity contribution in [2.45, 2.75) is 6.92 Å². The number of nitrogens with zero attached hydrogens (tertiary/aromatic N) is 3. The lowest BCUT2D eigenvalue weighted by Gasteiger charge is -2.34. The summed E-state index contributed by atoms with van der Waals surface area (Å²) in [5.41, 5.74) is 0.767. The van der Waals surface area contributed by atoms with E-state index in [9.17, 15) is 9.59 Å². The fourth-order valence-electron chi connectivity index (χ4n) is 3.23. The van der Waals surface area contributed by atoms with Gasteiger partial charge in [0.1, 0.15) is 5.76 Å². The largest absolute Gasteiger partial charge is 0.360 e. The van der Waals surface area contributed by atoms with Gasteiger partial charge in [0.05, 0.1) is 12.1 Å². The molecule has 4 rings (SSSR count). The van der Waals surface area contributed by atoms with Crippen molar-refractivity contribution in [3.63, 3.8) is 0 Å². The van der Waals surface area contributed by atoms with E-state index in [1.807, 2.05) is 39.4 Å². The third-order valence-electron chi connectivity index (χ3n) is 4.63. The number of hydrogen-bond donors (Lipinski definition) is 1. The van der Waals surface area contributed by atoms with E-state index < -0.39 is 0 Å². The molecule has 140 valence electrons. The van der Waals surface area contributed by atoms with Gasteiger partial charge in [-0.25, -0.2) is 0 Å². The highest BCUT2D eigenvalue weighted by Gasteiger charge is 2.25. The Hall–Kier alpha value is -2.71. The number of thiophene rings is 1. The second-order valence-corrected chi connectivity index (χ2v) is 7.50. The quantitative estimate of drug-likeness (QED) is 0.748. The number of aryl methyl sites for hydroxylation is 1. The van der Waals surface area contributed by atoms with Crippen LogP contribution in [0.2, 0.25) is 0 Å². The van der Waals surface area contributed by atoms with Crippen LogP contribution in [0.5, 0.6) is 0 Å². The summed E-state index contributed by atoms with van der Waals surface area (Å²) in [4.78, 5) is 28.9. The van der Waals surface area contributed by atoms with Gasteiger partial charge in [0, 0.05) is 47.7 Å². The Balaban J connectivity index is 1.32. The maximum atomic E-state index is 12.9. The van der Waals surface area contributed by atoms with Gasteiger partial charge in [-0.05, 0) is 13.0 Å². The lowest BCUT2D eigenvalue weighted by Crippen LogP contribution is -2.50. The molecule has 3 aromatic rings. The Morgan fingerprint density at radius 1 is 1.22 bits per heavy atom. The topological polar surface area (TPSA) is 78.7 Å². The Kier molecular flexibility index (Phi) is 4.91. The molecule has 1 N–H and O–H groups in total. The van der Waals surface area contributed by atoms with Gasteiger partial charge < -0.3 is 14.7 Å². The van der Waals surface area contributed by atoms with Gasteiger partial charge in [0.25, 0.3) is 5.91 Å². The van der Waals surface area contributed by atoms with Crippen LogP contribution in [0.3, 0.4) is 0 Å². The average Bonchev–Trinajstić information content (AvgIpc) is 3.28. The first kappa shape index (κ1) is 17.7. The Morgan fingerprint density at radius 2 is 2.00 bits per heavy atom. The highest BCUT2D eigenvalue weighted by atomic mass is 32.1. The second kappa shape index (κ2) is 7.50. The van der Waals surface area contributed by atoms with E-state index >= 15 is 0 Å². The lowest BCUT2D eigenvalue weighted by molar-refractivity contribution is -0.117. The lowest BCUT2D eigenvalue weighted by atomic mass is 10.1. The van der Waals surface area contributed by atoms with Crippen molar-refractivity contribution < 1.29 is 14.1 Å². The molecule has 1 saturated heterocycles. The van der Waals surface area contributed by atoms with E-state index in [1.54, 1.807) is 24.3 Å². The highest BCUT2D eigenvalue weighted by molar-refractivity contribution is 7.17. The summed E-state index contributed by atoms with van der Waals surface area (Å²) >= 11 is 1.59. The minimum atomic E-state index is -0.132. The molecule has 0 aliphatic carbocycles. The van der Waals surface area contributed by atoms with Crippen molar-refractivity contribution in [2.75, 3.05) is 38.0 Å². The van der Waals surface area contributed by atoms with Crippen molar-refractivity contribution in [3.05, 3.63) is 47.0 Å². The van der Waals surface area contributed by atoms with Crippen molar-refractivity contribution in [1.82, 2.24) is 15.0 Å². The van der Waals surface area contributed by atoms with Gasteiger partial charge in [-0.15, -0.1) is 11.3 Å². The Bertz CT molecular complexity index is 972. The molecule has 3 heterocycles. The van der Waals surface area contributed by atoms with E-state index in [2.05, 4.69) is 10.5 Å². The molecule has 0 unspecified atom stereocenters. The number of piperazine rings is 1. The zero-order valence-corrected chi connectivity index (χ0v) is 15.8. The van der Waals surface area contributed by atoms with Crippen molar-refractivity contribution in [3.8, 4) is 0 Å². The fraction of sp³-hybridized carbons (Fsp3) is 0.316. The summed E-state index contributed by atoms with van der Waals surface area (Å²) in [5.74, 6) is 1.01. The van der Waals surface area contributed by atoms with Crippen LogP contribution in [0.15, 0.2) is 40.2 Å². The number of carbonyl (C=O) groups is 2. The number of benzene rings is 1. The van der Waals surface area contributed by atoms with Crippen LogP contribution < -0.4 is 5.32 Å². The van der Waals surface area contributed by atoms with Crippen LogP contribution in [0.4, 0.5) is 5.82 Å². The van der Waals surface area contributed by atoms with Gasteiger partial charge in [-0.3, -0.25) is 14.5 Å². The zero-order valence-electron chi connectivity index (χ0n) is 15.0. The van der Waals surface area contributed by atoms with E-state index in [1.165, 1.54) is 0 Å². The van der Waals surface area contributed by atoms with Crippen LogP contribution in [-0.4, -0.2) is 59.5 Å². The van der Waals surface area contributed by atoms with E-state index in [-0.39, 0.29) is 18.4 Å². The summed E-state index contributed by atoms with van der Waals surface area (Å²) in [7, 11) is 0. The summed E-state index contributed by atoms with van der Waals surface area (Å²) < 4.78 is 6.06. The Morgan fingerprint density at radius 3 is 2.74 bits per heavy atom. The molecular formula is C19H20N4O3S. The summed E-state index contributed by atoms with van der Waals surface area (Å²) in [6.45, 7) is 4.60. The molecule has 0 atom stereocenters. The van der Waals surface area contributed by atoms with Gasteiger partial charge in [0.2, 0.25) is 5.91 Å².